The molecule has 4 heteroatoms. The van der Waals surface area contributed by atoms with E-state index in [0.29, 0.717) is 23.1 Å². The molecule has 4 nitrogen and oxygen atoms in total. The highest BCUT2D eigenvalue weighted by molar-refractivity contribution is 5.96. The molecule has 0 spiro atoms. The van der Waals surface area contributed by atoms with E-state index in [4.69, 9.17) is 0 Å². The van der Waals surface area contributed by atoms with Crippen molar-refractivity contribution >= 4 is 5.91 Å². The molecule has 1 N–H and O–H groups in total. The first-order chi connectivity index (χ1) is 8.91. The number of phenols is 1. The average Bonchev–Trinajstić information content (AvgIpc) is 2.74. The van der Waals surface area contributed by atoms with Crippen LogP contribution in [0.25, 0.3) is 0 Å². The molecule has 2 atom stereocenters. The Balaban J connectivity index is 2.20. The summed E-state index contributed by atoms with van der Waals surface area (Å²) < 4.78 is 0. The van der Waals surface area contributed by atoms with Crippen LogP contribution in [0, 0.1) is 12.8 Å². The van der Waals surface area contributed by atoms with Crippen LogP contribution in [0.1, 0.15) is 22.8 Å². The van der Waals surface area contributed by atoms with Crippen LogP contribution in [0.3, 0.4) is 0 Å². The average molecular weight is 262 g/mol. The van der Waals surface area contributed by atoms with Crippen LogP contribution in [-0.4, -0.2) is 54.0 Å². The molecule has 1 aliphatic rings. The van der Waals surface area contributed by atoms with E-state index in [1.807, 2.05) is 4.90 Å². The number of phenolic OH excluding ortho intramolecular Hbond substituents is 1. The van der Waals surface area contributed by atoms with Gasteiger partial charge in [-0.1, -0.05) is 13.0 Å². The van der Waals surface area contributed by atoms with Crippen molar-refractivity contribution in [3.63, 3.8) is 0 Å². The molecule has 1 fully saturated rings. The van der Waals surface area contributed by atoms with Gasteiger partial charge in [-0.15, -0.1) is 0 Å². The van der Waals surface area contributed by atoms with Gasteiger partial charge in [-0.25, -0.2) is 0 Å². The van der Waals surface area contributed by atoms with E-state index in [1.54, 1.807) is 25.1 Å². The van der Waals surface area contributed by atoms with Gasteiger partial charge in [-0.05, 0) is 39.1 Å². The van der Waals surface area contributed by atoms with Gasteiger partial charge in [0.2, 0.25) is 0 Å². The lowest BCUT2D eigenvalue weighted by molar-refractivity contribution is 0.0780. The second-order valence-corrected chi connectivity index (χ2v) is 5.67. The summed E-state index contributed by atoms with van der Waals surface area (Å²) in [6, 6.07) is 5.52. The zero-order valence-corrected chi connectivity index (χ0v) is 12.1. The predicted molar refractivity (Wildman–Crippen MR) is 75.4 cm³/mol. The van der Waals surface area contributed by atoms with Crippen LogP contribution < -0.4 is 0 Å². The summed E-state index contributed by atoms with van der Waals surface area (Å²) in [5.74, 6) is 0.670. The van der Waals surface area contributed by atoms with Gasteiger partial charge in [0.1, 0.15) is 5.75 Å². The number of rotatable bonds is 2. The van der Waals surface area contributed by atoms with E-state index in [9.17, 15) is 9.90 Å². The number of aromatic hydroxyl groups is 1. The minimum Gasteiger partial charge on any atom is -0.508 e. The smallest absolute Gasteiger partial charge is 0.254 e. The molecule has 0 aliphatic carbocycles. The van der Waals surface area contributed by atoms with Gasteiger partial charge in [0, 0.05) is 30.3 Å². The molecule has 0 aromatic heterocycles. The Bertz CT molecular complexity index is 485. The molecular weight excluding hydrogens is 240 g/mol. The molecule has 2 rings (SSSR count). The van der Waals surface area contributed by atoms with E-state index in [-0.39, 0.29) is 11.7 Å². The van der Waals surface area contributed by atoms with Crippen LogP contribution in [0.2, 0.25) is 0 Å². The molecule has 1 amide bonds. The lowest BCUT2D eigenvalue weighted by Gasteiger charge is -2.22. The van der Waals surface area contributed by atoms with E-state index in [2.05, 4.69) is 25.9 Å². The molecule has 19 heavy (non-hydrogen) atoms. The lowest BCUT2D eigenvalue weighted by Crippen LogP contribution is -2.35. The highest BCUT2D eigenvalue weighted by atomic mass is 16.3. The molecule has 0 bridgehead atoms. The fourth-order valence-electron chi connectivity index (χ4n) is 2.81. The van der Waals surface area contributed by atoms with E-state index < -0.39 is 0 Å². The van der Waals surface area contributed by atoms with Crippen molar-refractivity contribution in [1.82, 2.24) is 9.80 Å². The van der Waals surface area contributed by atoms with Gasteiger partial charge < -0.3 is 14.9 Å². The van der Waals surface area contributed by atoms with Crippen LogP contribution in [0.5, 0.6) is 5.75 Å². The van der Waals surface area contributed by atoms with Crippen molar-refractivity contribution in [1.29, 1.82) is 0 Å². The molecule has 104 valence electrons. The highest BCUT2D eigenvalue weighted by Crippen LogP contribution is 2.25. The zero-order valence-electron chi connectivity index (χ0n) is 12.1. The van der Waals surface area contributed by atoms with Crippen LogP contribution >= 0.6 is 0 Å². The van der Waals surface area contributed by atoms with Crippen molar-refractivity contribution in [2.45, 2.75) is 19.9 Å². The Morgan fingerprint density at radius 2 is 2.05 bits per heavy atom. The fraction of sp³-hybridized carbons (Fsp3) is 0.533. The van der Waals surface area contributed by atoms with Gasteiger partial charge in [0.05, 0.1) is 0 Å². The number of likely N-dealkylation sites (tertiary alicyclic amines) is 1. The highest BCUT2D eigenvalue weighted by Gasteiger charge is 2.34. The standard InChI is InChI=1S/C15H22N2O2/c1-10-8-17(9-13(10)16(3)4)15(19)12-6-5-7-14(18)11(12)2/h5-7,10,13,18H,8-9H2,1-4H3. The first-order valence-electron chi connectivity index (χ1n) is 6.66. The van der Waals surface area contributed by atoms with Gasteiger partial charge in [0.25, 0.3) is 5.91 Å². The fourth-order valence-corrected chi connectivity index (χ4v) is 2.81. The second kappa shape index (κ2) is 5.21. The third kappa shape index (κ3) is 2.59. The summed E-state index contributed by atoms with van der Waals surface area (Å²) in [5, 5.41) is 9.71. The summed E-state index contributed by atoms with van der Waals surface area (Å²) in [6.45, 7) is 5.48. The van der Waals surface area contributed by atoms with Crippen LogP contribution in [-0.2, 0) is 0 Å². The predicted octanol–water partition coefficient (Wildman–Crippen LogP) is 1.72. The maximum atomic E-state index is 12.5. The Kier molecular flexibility index (Phi) is 3.80. The molecule has 1 aromatic carbocycles. The maximum absolute atomic E-state index is 12.5. The van der Waals surface area contributed by atoms with E-state index in [1.165, 1.54) is 0 Å². The molecule has 0 radical (unpaired) electrons. The number of hydrogen-bond acceptors (Lipinski definition) is 3. The van der Waals surface area contributed by atoms with Crippen molar-refractivity contribution < 1.29 is 9.90 Å². The van der Waals surface area contributed by atoms with Gasteiger partial charge >= 0.3 is 0 Å². The normalized spacial score (nSPS) is 23.1. The Morgan fingerprint density at radius 1 is 1.37 bits per heavy atom. The number of hydrogen-bond donors (Lipinski definition) is 1. The number of benzene rings is 1. The first-order valence-corrected chi connectivity index (χ1v) is 6.66. The van der Waals surface area contributed by atoms with Crippen LogP contribution in [0.15, 0.2) is 18.2 Å². The summed E-state index contributed by atoms with van der Waals surface area (Å²) in [7, 11) is 4.10. The van der Waals surface area contributed by atoms with Crippen molar-refractivity contribution in [3.8, 4) is 5.75 Å². The number of carbonyl (C=O) groups is 1. The quantitative estimate of drug-likeness (QED) is 0.882. The Hall–Kier alpha value is -1.55. The van der Waals surface area contributed by atoms with Gasteiger partial charge in [0.15, 0.2) is 0 Å². The van der Waals surface area contributed by atoms with Gasteiger partial charge in [-0.2, -0.15) is 0 Å². The minimum absolute atomic E-state index is 0.0181. The summed E-state index contributed by atoms with van der Waals surface area (Å²) in [6.07, 6.45) is 0. The number of amides is 1. The van der Waals surface area contributed by atoms with E-state index >= 15 is 0 Å². The molecule has 2 unspecified atom stereocenters. The van der Waals surface area contributed by atoms with Crippen molar-refractivity contribution in [2.75, 3.05) is 27.2 Å². The van der Waals surface area contributed by atoms with E-state index in [0.717, 1.165) is 13.1 Å². The number of likely N-dealkylation sites (N-methyl/N-ethyl adjacent to an activating group) is 1. The molecule has 0 saturated carbocycles. The maximum Gasteiger partial charge on any atom is 0.254 e. The number of nitrogens with zero attached hydrogens (tertiary/aromatic N) is 2. The second-order valence-electron chi connectivity index (χ2n) is 5.67. The van der Waals surface area contributed by atoms with Crippen molar-refractivity contribution in [3.05, 3.63) is 29.3 Å². The van der Waals surface area contributed by atoms with Gasteiger partial charge in [-0.3, -0.25) is 4.79 Å². The summed E-state index contributed by atoms with van der Waals surface area (Å²) in [4.78, 5) is 16.6. The van der Waals surface area contributed by atoms with Crippen LogP contribution in [0.4, 0.5) is 0 Å². The van der Waals surface area contributed by atoms with Crippen molar-refractivity contribution in [2.24, 2.45) is 5.92 Å². The molecule has 1 saturated heterocycles. The molecule has 1 aromatic rings. The lowest BCUT2D eigenvalue weighted by atomic mass is 10.1. The molecular formula is C15H22N2O2. The summed E-state index contributed by atoms with van der Waals surface area (Å²) in [5.41, 5.74) is 1.26. The largest absolute Gasteiger partial charge is 0.508 e. The molecule has 1 heterocycles. The monoisotopic (exact) mass is 262 g/mol. The minimum atomic E-state index is 0.0181. The Labute approximate surface area is 114 Å². The third-order valence-electron chi connectivity index (χ3n) is 4.06. The first kappa shape index (κ1) is 13.9. The third-order valence-corrected chi connectivity index (χ3v) is 4.06. The zero-order chi connectivity index (χ0) is 14.2. The topological polar surface area (TPSA) is 43.8 Å². The molecule has 1 aliphatic heterocycles. The summed E-state index contributed by atoms with van der Waals surface area (Å²) >= 11 is 0. The number of carbonyl (C=O) groups excluding carboxylic acids is 1. The Morgan fingerprint density at radius 3 is 2.63 bits per heavy atom. The SMILES string of the molecule is Cc1c(O)cccc1C(=O)N1CC(C)C(N(C)C)C1.